The topological polar surface area (TPSA) is 64.9 Å². The SMILES string of the molecule is Cc1cccc(-c2nnn3c2COC(CNCc2nccs2)C3)c1. The maximum absolute atomic E-state index is 5.99. The summed E-state index contributed by atoms with van der Waals surface area (Å²) < 4.78 is 7.96. The second-order valence-electron chi connectivity index (χ2n) is 5.93. The first-order valence-corrected chi connectivity index (χ1v) is 8.87. The van der Waals surface area contributed by atoms with Crippen LogP contribution >= 0.6 is 11.3 Å². The van der Waals surface area contributed by atoms with E-state index in [0.29, 0.717) is 6.61 Å². The Morgan fingerprint density at radius 3 is 3.21 bits per heavy atom. The van der Waals surface area contributed by atoms with E-state index >= 15 is 0 Å². The molecule has 1 aliphatic rings. The van der Waals surface area contributed by atoms with Crippen LogP contribution in [0, 0.1) is 6.92 Å². The van der Waals surface area contributed by atoms with Crippen LogP contribution in [0.1, 0.15) is 16.3 Å². The Hall–Kier alpha value is -2.09. The molecule has 0 fully saturated rings. The predicted molar refractivity (Wildman–Crippen MR) is 92.6 cm³/mol. The van der Waals surface area contributed by atoms with Crippen molar-refractivity contribution in [1.82, 2.24) is 25.3 Å². The highest BCUT2D eigenvalue weighted by Crippen LogP contribution is 2.25. The van der Waals surface area contributed by atoms with Gasteiger partial charge in [0.1, 0.15) is 10.7 Å². The summed E-state index contributed by atoms with van der Waals surface area (Å²) in [5.74, 6) is 0. The third-order valence-electron chi connectivity index (χ3n) is 4.09. The van der Waals surface area contributed by atoms with Crippen molar-refractivity contribution in [3.8, 4) is 11.3 Å². The molecule has 6 nitrogen and oxygen atoms in total. The van der Waals surface area contributed by atoms with Crippen molar-refractivity contribution >= 4 is 11.3 Å². The molecule has 1 aliphatic heterocycles. The molecule has 0 aliphatic carbocycles. The van der Waals surface area contributed by atoms with Crippen molar-refractivity contribution in [3.05, 3.63) is 52.1 Å². The molecule has 1 atom stereocenters. The normalized spacial score (nSPS) is 17.0. The number of nitrogens with one attached hydrogen (secondary N) is 1. The highest BCUT2D eigenvalue weighted by atomic mass is 32.1. The summed E-state index contributed by atoms with van der Waals surface area (Å²) in [5.41, 5.74) is 4.29. The fourth-order valence-corrected chi connectivity index (χ4v) is 3.47. The number of rotatable bonds is 5. The van der Waals surface area contributed by atoms with E-state index < -0.39 is 0 Å². The number of benzene rings is 1. The second-order valence-corrected chi connectivity index (χ2v) is 6.91. The lowest BCUT2D eigenvalue weighted by Crippen LogP contribution is -2.36. The van der Waals surface area contributed by atoms with Crippen molar-refractivity contribution in [3.63, 3.8) is 0 Å². The van der Waals surface area contributed by atoms with Crippen LogP contribution in [-0.2, 0) is 24.4 Å². The van der Waals surface area contributed by atoms with Crippen molar-refractivity contribution in [2.75, 3.05) is 6.54 Å². The highest BCUT2D eigenvalue weighted by Gasteiger charge is 2.24. The average molecular weight is 341 g/mol. The van der Waals surface area contributed by atoms with Gasteiger partial charge in [0.05, 0.1) is 24.9 Å². The van der Waals surface area contributed by atoms with E-state index in [4.69, 9.17) is 4.74 Å². The Kier molecular flexibility index (Phi) is 4.38. The van der Waals surface area contributed by atoms with Gasteiger partial charge in [-0.2, -0.15) is 0 Å². The van der Waals surface area contributed by atoms with Gasteiger partial charge >= 0.3 is 0 Å². The maximum Gasteiger partial charge on any atom is 0.118 e. The van der Waals surface area contributed by atoms with Crippen molar-refractivity contribution < 1.29 is 4.74 Å². The lowest BCUT2D eigenvalue weighted by Gasteiger charge is -2.24. The third kappa shape index (κ3) is 3.24. The highest BCUT2D eigenvalue weighted by molar-refractivity contribution is 7.09. The summed E-state index contributed by atoms with van der Waals surface area (Å²) >= 11 is 1.66. The number of hydrogen-bond acceptors (Lipinski definition) is 6. The second kappa shape index (κ2) is 6.80. The van der Waals surface area contributed by atoms with Crippen LogP contribution in [0.3, 0.4) is 0 Å². The lowest BCUT2D eigenvalue weighted by molar-refractivity contribution is 0.00125. The van der Waals surface area contributed by atoms with Gasteiger partial charge in [-0.05, 0) is 13.0 Å². The molecule has 1 unspecified atom stereocenters. The van der Waals surface area contributed by atoms with E-state index in [1.165, 1.54) is 5.56 Å². The average Bonchev–Trinajstić information content (AvgIpc) is 3.24. The molecule has 1 N–H and O–H groups in total. The summed E-state index contributed by atoms with van der Waals surface area (Å²) in [4.78, 5) is 4.27. The van der Waals surface area contributed by atoms with Crippen molar-refractivity contribution in [2.24, 2.45) is 0 Å². The molecule has 0 spiro atoms. The van der Waals surface area contributed by atoms with Gasteiger partial charge in [-0.15, -0.1) is 16.4 Å². The fourth-order valence-electron chi connectivity index (χ4n) is 2.89. The quantitative estimate of drug-likeness (QED) is 0.772. The van der Waals surface area contributed by atoms with Crippen molar-refractivity contribution in [1.29, 1.82) is 0 Å². The molecule has 0 saturated heterocycles. The van der Waals surface area contributed by atoms with E-state index in [1.54, 1.807) is 11.3 Å². The van der Waals surface area contributed by atoms with Gasteiger partial charge in [0.25, 0.3) is 0 Å². The Morgan fingerprint density at radius 1 is 1.42 bits per heavy atom. The number of aryl methyl sites for hydroxylation is 1. The first-order chi connectivity index (χ1) is 11.8. The molecule has 24 heavy (non-hydrogen) atoms. The van der Waals surface area contributed by atoms with Gasteiger partial charge in [-0.1, -0.05) is 29.0 Å². The van der Waals surface area contributed by atoms with Gasteiger partial charge in [-0.25, -0.2) is 9.67 Å². The van der Waals surface area contributed by atoms with E-state index in [1.807, 2.05) is 22.3 Å². The van der Waals surface area contributed by atoms with Crippen LogP contribution in [0.25, 0.3) is 11.3 Å². The first kappa shape index (κ1) is 15.4. The number of fused-ring (bicyclic) bond motifs is 1. The fraction of sp³-hybridized carbons (Fsp3) is 0.353. The molecular weight excluding hydrogens is 322 g/mol. The molecule has 124 valence electrons. The van der Waals surface area contributed by atoms with Gasteiger partial charge < -0.3 is 10.1 Å². The minimum atomic E-state index is 0.101. The molecule has 2 aromatic heterocycles. The van der Waals surface area contributed by atoms with Gasteiger partial charge in [0.15, 0.2) is 0 Å². The molecule has 3 heterocycles. The van der Waals surface area contributed by atoms with Crippen LogP contribution in [0.4, 0.5) is 0 Å². The molecule has 4 rings (SSSR count). The Labute approximate surface area is 144 Å². The Balaban J connectivity index is 1.41. The van der Waals surface area contributed by atoms with Gasteiger partial charge in [-0.3, -0.25) is 0 Å². The molecule has 7 heteroatoms. The number of thiazole rings is 1. The van der Waals surface area contributed by atoms with Crippen LogP contribution in [0.15, 0.2) is 35.8 Å². The maximum atomic E-state index is 5.99. The van der Waals surface area contributed by atoms with Crippen molar-refractivity contribution in [2.45, 2.75) is 32.7 Å². The summed E-state index contributed by atoms with van der Waals surface area (Å²) in [6.45, 7) is 4.90. The lowest BCUT2D eigenvalue weighted by atomic mass is 10.1. The summed E-state index contributed by atoms with van der Waals surface area (Å²) in [6, 6.07) is 8.33. The van der Waals surface area contributed by atoms with Crippen LogP contribution in [-0.4, -0.2) is 32.6 Å². The molecule has 0 bridgehead atoms. The zero-order valence-electron chi connectivity index (χ0n) is 13.5. The predicted octanol–water partition coefficient (Wildman–Crippen LogP) is 2.40. The number of hydrogen-bond donors (Lipinski definition) is 1. The minimum Gasteiger partial charge on any atom is -0.369 e. The smallest absolute Gasteiger partial charge is 0.118 e. The Morgan fingerprint density at radius 2 is 2.38 bits per heavy atom. The molecule has 3 aromatic rings. The van der Waals surface area contributed by atoms with E-state index in [-0.39, 0.29) is 6.10 Å². The molecule has 0 amide bonds. The van der Waals surface area contributed by atoms with Gasteiger partial charge in [0.2, 0.25) is 0 Å². The number of ether oxygens (including phenoxy) is 1. The molecular formula is C17H19N5OS. The zero-order valence-corrected chi connectivity index (χ0v) is 14.3. The van der Waals surface area contributed by atoms with Crippen LogP contribution in [0.5, 0.6) is 0 Å². The summed E-state index contributed by atoms with van der Waals surface area (Å²) in [6.07, 6.45) is 1.93. The summed E-state index contributed by atoms with van der Waals surface area (Å²) in [5, 5.41) is 15.2. The Bertz CT molecular complexity index is 814. The number of aromatic nitrogens is 4. The third-order valence-corrected chi connectivity index (χ3v) is 4.87. The summed E-state index contributed by atoms with van der Waals surface area (Å²) in [7, 11) is 0. The first-order valence-electron chi connectivity index (χ1n) is 7.99. The minimum absolute atomic E-state index is 0.101. The van der Waals surface area contributed by atoms with Gasteiger partial charge in [0, 0.05) is 30.2 Å². The van der Waals surface area contributed by atoms with E-state index in [0.717, 1.165) is 41.6 Å². The van der Waals surface area contributed by atoms with Crippen LogP contribution in [0.2, 0.25) is 0 Å². The van der Waals surface area contributed by atoms with E-state index in [9.17, 15) is 0 Å². The monoisotopic (exact) mass is 341 g/mol. The largest absolute Gasteiger partial charge is 0.369 e. The number of nitrogens with zero attached hydrogens (tertiary/aromatic N) is 4. The van der Waals surface area contributed by atoms with E-state index in [2.05, 4.69) is 45.7 Å². The molecule has 1 aromatic carbocycles. The molecule has 0 saturated carbocycles. The zero-order chi connectivity index (χ0) is 16.4. The van der Waals surface area contributed by atoms with Crippen LogP contribution < -0.4 is 5.32 Å². The molecule has 0 radical (unpaired) electrons. The standard InChI is InChI=1S/C17H19N5OS/c1-12-3-2-4-13(7-12)17-15-11-23-14(10-22(15)21-20-17)8-18-9-16-19-5-6-24-16/h2-7,14,18H,8-11H2,1H3.